The zero-order chi connectivity index (χ0) is 13.2. The molecule has 0 spiro atoms. The molecule has 102 valence electrons. The van der Waals surface area contributed by atoms with Gasteiger partial charge in [0.25, 0.3) is 0 Å². The average Bonchev–Trinajstić information content (AvgIpc) is 2.36. The average molecular weight is 335 g/mol. The van der Waals surface area contributed by atoms with E-state index in [1.54, 1.807) is 0 Å². The van der Waals surface area contributed by atoms with Crippen LogP contribution in [0.3, 0.4) is 0 Å². The Labute approximate surface area is 123 Å². The van der Waals surface area contributed by atoms with Crippen LogP contribution < -0.4 is 4.74 Å². The van der Waals surface area contributed by atoms with Gasteiger partial charge in [-0.1, -0.05) is 35.3 Å². The highest BCUT2D eigenvalue weighted by atomic mass is 79.9. The predicted octanol–water partition coefficient (Wildman–Crippen LogP) is 4.17. The summed E-state index contributed by atoms with van der Waals surface area (Å²) in [5.41, 5.74) is 0. The molecule has 1 aromatic carbocycles. The summed E-state index contributed by atoms with van der Waals surface area (Å²) >= 11 is 9.24. The summed E-state index contributed by atoms with van der Waals surface area (Å²) in [5, 5.41) is 0. The van der Waals surface area contributed by atoms with E-state index >= 15 is 0 Å². The van der Waals surface area contributed by atoms with E-state index in [2.05, 4.69) is 27.8 Å². The fraction of sp³-hybridized carbons (Fsp3) is 0.571. The van der Waals surface area contributed by atoms with Gasteiger partial charge in [0, 0.05) is 23.4 Å². The third kappa shape index (κ3) is 6.62. The molecule has 0 fully saturated rings. The van der Waals surface area contributed by atoms with Crippen LogP contribution in [0.4, 0.5) is 0 Å². The van der Waals surface area contributed by atoms with E-state index in [-0.39, 0.29) is 0 Å². The lowest BCUT2D eigenvalue weighted by Crippen LogP contribution is -2.31. The van der Waals surface area contributed by atoms with Gasteiger partial charge in [0.2, 0.25) is 0 Å². The molecule has 1 aromatic rings. The highest BCUT2D eigenvalue weighted by Gasteiger charge is 2.04. The third-order valence-electron chi connectivity index (χ3n) is 2.70. The van der Waals surface area contributed by atoms with Crippen molar-refractivity contribution in [3.05, 3.63) is 28.7 Å². The Morgan fingerprint density at radius 1 is 1.28 bits per heavy atom. The van der Waals surface area contributed by atoms with Crippen molar-refractivity contribution in [2.45, 2.75) is 19.8 Å². The Morgan fingerprint density at radius 3 is 2.78 bits per heavy atom. The number of unbranched alkanes of at least 4 members (excludes halogenated alkanes) is 1. The van der Waals surface area contributed by atoms with Gasteiger partial charge in [-0.2, -0.15) is 0 Å². The molecule has 0 heterocycles. The molecule has 0 bridgehead atoms. The maximum atomic E-state index is 5.80. The molecule has 0 radical (unpaired) electrons. The highest BCUT2D eigenvalue weighted by Crippen LogP contribution is 2.17. The Kier molecular flexibility index (Phi) is 8.47. The number of benzene rings is 1. The molecule has 0 aliphatic carbocycles. The van der Waals surface area contributed by atoms with E-state index in [0.717, 1.165) is 29.9 Å². The number of halogens is 2. The van der Waals surface area contributed by atoms with Crippen molar-refractivity contribution in [2.24, 2.45) is 0 Å². The third-order valence-corrected chi connectivity index (χ3v) is 3.36. The molecule has 4 heteroatoms. The van der Waals surface area contributed by atoms with Crippen LogP contribution in [0, 0.1) is 0 Å². The van der Waals surface area contributed by atoms with Crippen LogP contribution in [0.25, 0.3) is 0 Å². The Morgan fingerprint density at radius 2 is 2.11 bits per heavy atom. The smallest absolute Gasteiger partial charge is 0.120 e. The summed E-state index contributed by atoms with van der Waals surface area (Å²) in [5.74, 6) is 1.59. The fourth-order valence-electron chi connectivity index (χ4n) is 1.69. The van der Waals surface area contributed by atoms with E-state index in [9.17, 15) is 0 Å². The minimum Gasteiger partial charge on any atom is -0.492 e. The second kappa shape index (κ2) is 9.65. The van der Waals surface area contributed by atoms with E-state index in [4.69, 9.17) is 16.3 Å². The van der Waals surface area contributed by atoms with Crippen LogP contribution in [-0.4, -0.2) is 37.0 Å². The number of hydrogen-bond acceptors (Lipinski definition) is 2. The zero-order valence-corrected chi connectivity index (χ0v) is 13.2. The molecular weight excluding hydrogens is 314 g/mol. The Hall–Kier alpha value is -0.250. The number of alkyl halides is 1. The molecule has 0 aliphatic rings. The zero-order valence-electron chi connectivity index (χ0n) is 10.9. The number of ether oxygens (including phenoxy) is 1. The Balaban J connectivity index is 2.29. The molecule has 0 atom stereocenters. The maximum Gasteiger partial charge on any atom is 0.120 e. The van der Waals surface area contributed by atoms with E-state index in [1.165, 1.54) is 12.8 Å². The van der Waals surface area contributed by atoms with Gasteiger partial charge in [-0.3, -0.25) is 4.90 Å². The minimum atomic E-state index is 0.681. The van der Waals surface area contributed by atoms with Crippen molar-refractivity contribution in [2.75, 3.05) is 32.1 Å². The van der Waals surface area contributed by atoms with Gasteiger partial charge >= 0.3 is 0 Å². The summed E-state index contributed by atoms with van der Waals surface area (Å²) in [4.78, 5) is 2.36. The van der Waals surface area contributed by atoms with Gasteiger partial charge in [0.05, 0.1) is 0 Å². The normalized spacial score (nSPS) is 10.9. The van der Waals surface area contributed by atoms with Crippen molar-refractivity contribution in [1.82, 2.24) is 4.90 Å². The van der Waals surface area contributed by atoms with Crippen LogP contribution in [0.15, 0.2) is 28.7 Å². The van der Waals surface area contributed by atoms with Gasteiger partial charge in [-0.05, 0) is 31.2 Å². The monoisotopic (exact) mass is 333 g/mol. The summed E-state index contributed by atoms with van der Waals surface area (Å²) in [6.07, 6.45) is 2.43. The standard InChI is InChI=1S/C14H21BrClNO/c1-2-3-8-17(9-7-16)10-11-18-14-6-4-5-13(15)12-14/h4-6,12H,2-3,7-11H2,1H3. The number of rotatable bonds is 9. The SMILES string of the molecule is CCCCN(CCCl)CCOc1cccc(Br)c1. The molecule has 18 heavy (non-hydrogen) atoms. The van der Waals surface area contributed by atoms with E-state index < -0.39 is 0 Å². The highest BCUT2D eigenvalue weighted by molar-refractivity contribution is 9.10. The largest absolute Gasteiger partial charge is 0.492 e. The predicted molar refractivity (Wildman–Crippen MR) is 81.7 cm³/mol. The fourth-order valence-corrected chi connectivity index (χ4v) is 2.30. The first-order valence-electron chi connectivity index (χ1n) is 6.43. The summed E-state index contributed by atoms with van der Waals surface area (Å²) in [6.45, 7) is 5.88. The molecule has 0 aromatic heterocycles. The molecule has 2 nitrogen and oxygen atoms in total. The summed E-state index contributed by atoms with van der Waals surface area (Å²) < 4.78 is 6.77. The lowest BCUT2D eigenvalue weighted by molar-refractivity contribution is 0.214. The molecular formula is C14H21BrClNO. The maximum absolute atomic E-state index is 5.80. The van der Waals surface area contributed by atoms with Gasteiger partial charge in [-0.15, -0.1) is 11.6 Å². The lowest BCUT2D eigenvalue weighted by atomic mass is 10.3. The second-order valence-electron chi connectivity index (χ2n) is 4.19. The summed E-state index contributed by atoms with van der Waals surface area (Å²) in [7, 11) is 0. The molecule has 0 saturated carbocycles. The Bertz CT molecular complexity index is 335. The second-order valence-corrected chi connectivity index (χ2v) is 5.48. The first kappa shape index (κ1) is 15.8. The van der Waals surface area contributed by atoms with Crippen molar-refractivity contribution >= 4 is 27.5 Å². The molecule has 0 aliphatic heterocycles. The van der Waals surface area contributed by atoms with Crippen LogP contribution >= 0.6 is 27.5 Å². The van der Waals surface area contributed by atoms with Crippen molar-refractivity contribution in [3.8, 4) is 5.75 Å². The van der Waals surface area contributed by atoms with Crippen LogP contribution in [0.5, 0.6) is 5.75 Å². The van der Waals surface area contributed by atoms with Crippen LogP contribution in [0.1, 0.15) is 19.8 Å². The quantitative estimate of drug-likeness (QED) is 0.628. The molecule has 0 unspecified atom stereocenters. The number of hydrogen-bond donors (Lipinski definition) is 0. The van der Waals surface area contributed by atoms with Gasteiger partial charge in [-0.25, -0.2) is 0 Å². The van der Waals surface area contributed by atoms with Crippen molar-refractivity contribution in [3.63, 3.8) is 0 Å². The first-order chi connectivity index (χ1) is 8.76. The first-order valence-corrected chi connectivity index (χ1v) is 7.75. The summed E-state index contributed by atoms with van der Waals surface area (Å²) in [6, 6.07) is 7.93. The van der Waals surface area contributed by atoms with Crippen molar-refractivity contribution < 1.29 is 4.74 Å². The molecule has 1 rings (SSSR count). The van der Waals surface area contributed by atoms with Crippen LogP contribution in [0.2, 0.25) is 0 Å². The van der Waals surface area contributed by atoms with Gasteiger partial charge in [0.1, 0.15) is 12.4 Å². The topological polar surface area (TPSA) is 12.5 Å². The van der Waals surface area contributed by atoms with Gasteiger partial charge < -0.3 is 4.74 Å². The molecule has 0 saturated heterocycles. The molecule has 0 amide bonds. The van der Waals surface area contributed by atoms with Gasteiger partial charge in [0.15, 0.2) is 0 Å². The lowest BCUT2D eigenvalue weighted by Gasteiger charge is -2.21. The van der Waals surface area contributed by atoms with Crippen LogP contribution in [-0.2, 0) is 0 Å². The molecule has 0 N–H and O–H groups in total. The van der Waals surface area contributed by atoms with Crippen molar-refractivity contribution in [1.29, 1.82) is 0 Å². The number of nitrogens with zero attached hydrogens (tertiary/aromatic N) is 1. The van der Waals surface area contributed by atoms with E-state index in [1.807, 2.05) is 24.3 Å². The van der Waals surface area contributed by atoms with E-state index in [0.29, 0.717) is 12.5 Å². The minimum absolute atomic E-state index is 0.681.